The van der Waals surface area contributed by atoms with E-state index < -0.39 is 17.8 Å². The average Bonchev–Trinajstić information content (AvgIpc) is 3.04. The third kappa shape index (κ3) is 6.84. The van der Waals surface area contributed by atoms with Crippen molar-refractivity contribution in [3.63, 3.8) is 0 Å². The summed E-state index contributed by atoms with van der Waals surface area (Å²) in [5, 5.41) is 8.30. The summed E-state index contributed by atoms with van der Waals surface area (Å²) in [4.78, 5) is 43.9. The minimum absolute atomic E-state index is 0.0466. The molecule has 3 aliphatic rings. The Morgan fingerprint density at radius 3 is 2.61 bits per heavy atom. The number of fused-ring (bicyclic) bond motifs is 2. The fourth-order valence-electron chi connectivity index (χ4n) is 6.07. The maximum Gasteiger partial charge on any atom is 0.416 e. The quantitative estimate of drug-likeness (QED) is 0.336. The molecule has 1 atom stereocenters. The van der Waals surface area contributed by atoms with E-state index in [0.29, 0.717) is 43.3 Å². The standard InChI is InChI=1S/C31H36F3N9O3/c1-3-19-16-43(17-21-11-23(13-35-26(19)21)46-29-27-28(37-18-38-29)40-25(44)14-36-27)30(45)39-22-6-5-20(24(12-22)31(32,33)34)15-42-9-7-41(4-2)8-10-42/h5-6,11-13,18-19,36H,3-4,7-10,14-17H2,1-2H3,(H,39,45)(H,37,38,40,44). The Morgan fingerprint density at radius 1 is 1.09 bits per heavy atom. The summed E-state index contributed by atoms with van der Waals surface area (Å²) < 4.78 is 48.5. The lowest BCUT2D eigenvalue weighted by atomic mass is 9.92. The molecule has 244 valence electrons. The molecular weight excluding hydrogens is 603 g/mol. The zero-order valence-electron chi connectivity index (χ0n) is 25.7. The SMILES string of the molecule is CCC1CN(C(=O)Nc2ccc(CN3CCN(CC)CC3)c(C(F)(F)F)c2)Cc2cc(Oc3ncnc4c3NCC(=O)N4)cnc21. The van der Waals surface area contributed by atoms with Crippen LogP contribution in [0.3, 0.4) is 0 Å². The van der Waals surface area contributed by atoms with Gasteiger partial charge in [-0.2, -0.15) is 18.2 Å². The highest BCUT2D eigenvalue weighted by molar-refractivity contribution is 6.00. The van der Waals surface area contributed by atoms with Gasteiger partial charge in [0.25, 0.3) is 0 Å². The third-order valence-electron chi connectivity index (χ3n) is 8.63. The number of piperazine rings is 1. The van der Waals surface area contributed by atoms with E-state index in [0.717, 1.165) is 37.0 Å². The number of nitrogens with zero attached hydrogens (tertiary/aromatic N) is 6. The van der Waals surface area contributed by atoms with E-state index in [1.807, 2.05) is 11.8 Å². The van der Waals surface area contributed by atoms with Gasteiger partial charge in [0, 0.05) is 57.4 Å². The van der Waals surface area contributed by atoms with Gasteiger partial charge in [-0.15, -0.1) is 0 Å². The molecule has 0 aliphatic carbocycles. The molecule has 0 radical (unpaired) electrons. The van der Waals surface area contributed by atoms with Gasteiger partial charge in [0.2, 0.25) is 11.8 Å². The van der Waals surface area contributed by atoms with Gasteiger partial charge >= 0.3 is 12.2 Å². The van der Waals surface area contributed by atoms with Crippen LogP contribution in [0.1, 0.15) is 48.6 Å². The van der Waals surface area contributed by atoms with E-state index in [1.54, 1.807) is 17.2 Å². The number of urea groups is 1. The molecule has 0 spiro atoms. The van der Waals surface area contributed by atoms with Gasteiger partial charge in [-0.1, -0.05) is 19.9 Å². The summed E-state index contributed by atoms with van der Waals surface area (Å²) >= 11 is 0. The minimum atomic E-state index is -4.56. The number of benzene rings is 1. The Bertz CT molecular complexity index is 1610. The van der Waals surface area contributed by atoms with Crippen LogP contribution in [0.5, 0.6) is 11.6 Å². The highest BCUT2D eigenvalue weighted by Crippen LogP contribution is 2.37. The first-order valence-electron chi connectivity index (χ1n) is 15.4. The number of carbonyl (C=O) groups is 2. The summed E-state index contributed by atoms with van der Waals surface area (Å²) in [6.07, 6.45) is -1.01. The molecule has 12 nitrogen and oxygen atoms in total. The van der Waals surface area contributed by atoms with Gasteiger partial charge in [-0.25, -0.2) is 9.78 Å². The Labute approximate surface area is 264 Å². The molecule has 1 unspecified atom stereocenters. The van der Waals surface area contributed by atoms with Crippen molar-refractivity contribution in [3.8, 4) is 11.6 Å². The maximum atomic E-state index is 14.2. The Balaban J connectivity index is 1.17. The molecule has 3 N–H and O–H groups in total. The van der Waals surface area contributed by atoms with Gasteiger partial charge in [0.05, 0.1) is 24.0 Å². The lowest BCUT2D eigenvalue weighted by Gasteiger charge is -2.34. The zero-order chi connectivity index (χ0) is 32.4. The van der Waals surface area contributed by atoms with Crippen LogP contribution in [0.25, 0.3) is 0 Å². The number of halogens is 3. The molecule has 3 aromatic rings. The number of ether oxygens (including phenoxy) is 1. The number of amides is 3. The number of pyridine rings is 1. The van der Waals surface area contributed by atoms with Crippen LogP contribution in [0, 0.1) is 0 Å². The van der Waals surface area contributed by atoms with E-state index >= 15 is 0 Å². The maximum absolute atomic E-state index is 14.2. The third-order valence-corrected chi connectivity index (χ3v) is 8.63. The van der Waals surface area contributed by atoms with Gasteiger partial charge < -0.3 is 30.5 Å². The fourth-order valence-corrected chi connectivity index (χ4v) is 6.07. The first kappa shape index (κ1) is 31.5. The number of hydrogen-bond donors (Lipinski definition) is 3. The topological polar surface area (TPSA) is 128 Å². The van der Waals surface area contributed by atoms with Crippen LogP contribution in [-0.2, 0) is 24.1 Å². The zero-order valence-corrected chi connectivity index (χ0v) is 25.7. The molecule has 0 saturated carbocycles. The second kappa shape index (κ2) is 13.1. The largest absolute Gasteiger partial charge is 0.435 e. The first-order chi connectivity index (χ1) is 22.1. The van der Waals surface area contributed by atoms with Crippen molar-refractivity contribution in [2.24, 2.45) is 0 Å². The highest BCUT2D eigenvalue weighted by Gasteiger charge is 2.35. The van der Waals surface area contributed by atoms with Crippen LogP contribution in [0.4, 0.5) is 35.2 Å². The molecule has 2 aromatic heterocycles. The van der Waals surface area contributed by atoms with E-state index in [2.05, 4.69) is 42.7 Å². The lowest BCUT2D eigenvalue weighted by Crippen LogP contribution is -2.45. The van der Waals surface area contributed by atoms with Crippen molar-refractivity contribution in [3.05, 3.63) is 59.2 Å². The van der Waals surface area contributed by atoms with E-state index in [9.17, 15) is 22.8 Å². The Hall–Kier alpha value is -4.50. The Kier molecular flexibility index (Phi) is 8.95. The predicted molar refractivity (Wildman–Crippen MR) is 165 cm³/mol. The Morgan fingerprint density at radius 2 is 1.87 bits per heavy atom. The van der Waals surface area contributed by atoms with Gasteiger partial charge in [-0.05, 0) is 42.3 Å². The average molecular weight is 640 g/mol. The van der Waals surface area contributed by atoms with Crippen molar-refractivity contribution in [2.45, 2.75) is 45.5 Å². The second-order valence-corrected chi connectivity index (χ2v) is 11.6. The number of anilines is 3. The van der Waals surface area contributed by atoms with Crippen LogP contribution in [0.2, 0.25) is 0 Å². The van der Waals surface area contributed by atoms with Gasteiger partial charge in [-0.3, -0.25) is 14.7 Å². The summed E-state index contributed by atoms with van der Waals surface area (Å²) in [6, 6.07) is 5.29. The van der Waals surface area contributed by atoms with Gasteiger partial charge in [0.15, 0.2) is 5.82 Å². The number of aromatic nitrogens is 3. The summed E-state index contributed by atoms with van der Waals surface area (Å²) in [5.74, 6) is 0.572. The van der Waals surface area contributed by atoms with Gasteiger partial charge in [0.1, 0.15) is 17.8 Å². The molecule has 6 rings (SSSR count). The molecule has 3 aliphatic heterocycles. The van der Waals surface area contributed by atoms with Crippen molar-refractivity contribution in [1.82, 2.24) is 29.7 Å². The van der Waals surface area contributed by atoms with Crippen LogP contribution < -0.4 is 20.7 Å². The van der Waals surface area contributed by atoms with Crippen molar-refractivity contribution < 1.29 is 27.5 Å². The monoisotopic (exact) mass is 639 g/mol. The summed E-state index contributed by atoms with van der Waals surface area (Å²) in [7, 11) is 0. The van der Waals surface area contributed by atoms with Crippen molar-refractivity contribution in [2.75, 3.05) is 61.8 Å². The van der Waals surface area contributed by atoms with Crippen molar-refractivity contribution in [1.29, 1.82) is 0 Å². The molecule has 0 bridgehead atoms. The molecule has 1 saturated heterocycles. The number of carbonyl (C=O) groups excluding carboxylic acids is 2. The number of rotatable bonds is 7. The van der Waals surface area contributed by atoms with Crippen LogP contribution >= 0.6 is 0 Å². The smallest absolute Gasteiger partial charge is 0.416 e. The molecule has 5 heterocycles. The molecule has 46 heavy (non-hydrogen) atoms. The molecule has 3 amide bonds. The lowest BCUT2D eigenvalue weighted by molar-refractivity contribution is -0.138. The number of likely N-dealkylation sites (N-methyl/N-ethyl adjacent to an activating group) is 1. The molecular formula is C31H36F3N9O3. The summed E-state index contributed by atoms with van der Waals surface area (Å²) in [6.45, 7) is 8.84. The first-order valence-corrected chi connectivity index (χ1v) is 15.4. The van der Waals surface area contributed by atoms with E-state index in [-0.39, 0.29) is 48.6 Å². The predicted octanol–water partition coefficient (Wildman–Crippen LogP) is 4.73. The number of nitrogens with one attached hydrogen (secondary N) is 3. The highest BCUT2D eigenvalue weighted by atomic mass is 19.4. The minimum Gasteiger partial charge on any atom is -0.435 e. The molecule has 15 heteroatoms. The number of alkyl halides is 3. The van der Waals surface area contributed by atoms with E-state index in [1.165, 1.54) is 18.5 Å². The fraction of sp³-hybridized carbons (Fsp3) is 0.452. The molecule has 1 fully saturated rings. The van der Waals surface area contributed by atoms with Crippen LogP contribution in [0.15, 0.2) is 36.8 Å². The second-order valence-electron chi connectivity index (χ2n) is 11.6. The van der Waals surface area contributed by atoms with Crippen molar-refractivity contribution >= 4 is 29.1 Å². The molecule has 1 aromatic carbocycles. The van der Waals surface area contributed by atoms with E-state index in [4.69, 9.17) is 4.74 Å². The van der Waals surface area contributed by atoms with Crippen LogP contribution in [-0.4, -0.2) is 87.4 Å². The summed E-state index contributed by atoms with van der Waals surface area (Å²) in [5.41, 5.74) is 1.55. The number of hydrogen-bond acceptors (Lipinski definition) is 9. The normalized spacial score (nSPS) is 18.7.